The summed E-state index contributed by atoms with van der Waals surface area (Å²) in [6.07, 6.45) is 0. The second-order valence-corrected chi connectivity index (χ2v) is 8.10. The summed E-state index contributed by atoms with van der Waals surface area (Å²) < 4.78 is 21.7. The minimum atomic E-state index is -0.143. The van der Waals surface area contributed by atoms with Gasteiger partial charge in [-0.25, -0.2) is 0 Å². The smallest absolute Gasteiger partial charge is 0.293 e. The zero-order valence-corrected chi connectivity index (χ0v) is 19.3. The number of ether oxygens (including phenoxy) is 2. The fourth-order valence-corrected chi connectivity index (χ4v) is 3.88. The second-order valence-electron chi connectivity index (χ2n) is 7.11. The van der Waals surface area contributed by atoms with Crippen molar-refractivity contribution >= 4 is 23.4 Å². The van der Waals surface area contributed by atoms with Gasteiger partial charge in [0.15, 0.2) is 5.76 Å². The number of nitrogens with one attached hydrogen (secondary N) is 1. The summed E-state index contributed by atoms with van der Waals surface area (Å²) in [5.41, 5.74) is 2.56. The van der Waals surface area contributed by atoms with Crippen LogP contribution >= 0.6 is 11.8 Å². The van der Waals surface area contributed by atoms with Gasteiger partial charge in [-0.3, -0.25) is 4.79 Å². The van der Waals surface area contributed by atoms with Crippen LogP contribution in [0.4, 0.5) is 5.69 Å². The largest absolute Gasteiger partial charge is 0.497 e. The van der Waals surface area contributed by atoms with Crippen molar-refractivity contribution in [2.75, 3.05) is 25.3 Å². The number of amides is 1. The first-order valence-electron chi connectivity index (χ1n) is 10.2. The van der Waals surface area contributed by atoms with Crippen LogP contribution in [-0.2, 0) is 10.5 Å². The normalized spacial score (nSPS) is 10.8. The lowest BCUT2D eigenvalue weighted by Gasteiger charge is -2.11. The third-order valence-corrected chi connectivity index (χ3v) is 5.80. The van der Waals surface area contributed by atoms with E-state index in [1.807, 2.05) is 37.3 Å². The van der Waals surface area contributed by atoms with Crippen LogP contribution in [0.1, 0.15) is 11.3 Å². The summed E-state index contributed by atoms with van der Waals surface area (Å²) in [5, 5.41) is 6.91. The molecule has 2 heterocycles. The van der Waals surface area contributed by atoms with E-state index in [1.54, 1.807) is 38.5 Å². The highest BCUT2D eigenvalue weighted by Crippen LogP contribution is 2.30. The molecule has 33 heavy (non-hydrogen) atoms. The molecule has 0 radical (unpaired) electrons. The predicted molar refractivity (Wildman–Crippen MR) is 127 cm³/mol. The van der Waals surface area contributed by atoms with Crippen molar-refractivity contribution < 1.29 is 23.2 Å². The molecule has 0 saturated carbocycles. The molecular weight excluding hydrogens is 442 g/mol. The number of carbonyl (C=O) groups is 1. The van der Waals surface area contributed by atoms with E-state index in [9.17, 15) is 4.79 Å². The number of furan rings is 1. The molecule has 0 spiro atoms. The van der Waals surface area contributed by atoms with Crippen LogP contribution in [0.25, 0.3) is 23.0 Å². The molecule has 1 amide bonds. The molecule has 0 aliphatic rings. The molecule has 4 aromatic rings. The van der Waals surface area contributed by atoms with E-state index in [0.29, 0.717) is 46.2 Å². The number of anilines is 1. The van der Waals surface area contributed by atoms with E-state index in [-0.39, 0.29) is 11.7 Å². The number of hydrogen-bond acceptors (Lipinski definition) is 8. The number of nitrogens with zero attached hydrogens (tertiary/aromatic N) is 2. The van der Waals surface area contributed by atoms with Gasteiger partial charge in [0.25, 0.3) is 5.89 Å². The third kappa shape index (κ3) is 5.38. The van der Waals surface area contributed by atoms with Crippen molar-refractivity contribution in [1.82, 2.24) is 10.1 Å². The maximum absolute atomic E-state index is 12.3. The average Bonchev–Trinajstić information content (AvgIpc) is 3.49. The van der Waals surface area contributed by atoms with Crippen LogP contribution in [0.5, 0.6) is 11.5 Å². The zero-order valence-electron chi connectivity index (χ0n) is 18.5. The molecule has 9 heteroatoms. The summed E-state index contributed by atoms with van der Waals surface area (Å²) in [4.78, 5) is 16.8. The van der Waals surface area contributed by atoms with E-state index in [4.69, 9.17) is 18.4 Å². The number of aromatic nitrogens is 2. The van der Waals surface area contributed by atoms with Crippen LogP contribution in [-0.4, -0.2) is 36.0 Å². The molecule has 0 aliphatic heterocycles. The van der Waals surface area contributed by atoms with Gasteiger partial charge in [0, 0.05) is 11.6 Å². The van der Waals surface area contributed by atoms with Crippen LogP contribution in [0.3, 0.4) is 0 Å². The van der Waals surface area contributed by atoms with E-state index >= 15 is 0 Å². The summed E-state index contributed by atoms with van der Waals surface area (Å²) in [7, 11) is 3.12. The van der Waals surface area contributed by atoms with Gasteiger partial charge >= 0.3 is 0 Å². The lowest BCUT2D eigenvalue weighted by Crippen LogP contribution is -2.14. The highest BCUT2D eigenvalue weighted by molar-refractivity contribution is 7.99. The maximum Gasteiger partial charge on any atom is 0.293 e. The fraction of sp³-hybridized carbons (Fsp3) is 0.208. The standard InChI is InChI=1S/C24H23N3O5S/c1-15-6-4-5-7-18(15)23-26-24(32-27-23)20-11-9-17(31-20)13-33-14-22(28)25-19-10-8-16(29-2)12-21(19)30-3/h4-12H,13-14H2,1-3H3,(H,25,28). The number of benzene rings is 2. The zero-order chi connectivity index (χ0) is 23.2. The summed E-state index contributed by atoms with van der Waals surface area (Å²) >= 11 is 1.43. The molecule has 0 bridgehead atoms. The molecule has 170 valence electrons. The van der Waals surface area contributed by atoms with E-state index in [1.165, 1.54) is 11.8 Å². The van der Waals surface area contributed by atoms with Gasteiger partial charge in [0.2, 0.25) is 11.7 Å². The first-order chi connectivity index (χ1) is 16.1. The number of hydrogen-bond donors (Lipinski definition) is 1. The number of aryl methyl sites for hydroxylation is 1. The second kappa shape index (κ2) is 10.3. The first kappa shape index (κ1) is 22.5. The summed E-state index contributed by atoms with van der Waals surface area (Å²) in [6.45, 7) is 1.99. The molecular formula is C24H23N3O5S. The highest BCUT2D eigenvalue weighted by Gasteiger charge is 2.16. The van der Waals surface area contributed by atoms with Gasteiger partial charge in [-0.2, -0.15) is 4.98 Å². The molecule has 4 rings (SSSR count). The van der Waals surface area contributed by atoms with Crippen molar-refractivity contribution in [2.24, 2.45) is 0 Å². The fourth-order valence-electron chi connectivity index (χ4n) is 3.16. The quantitative estimate of drug-likeness (QED) is 0.360. The number of rotatable bonds is 9. The van der Waals surface area contributed by atoms with Gasteiger partial charge in [-0.1, -0.05) is 29.4 Å². The summed E-state index contributed by atoms with van der Waals surface area (Å²) in [6, 6.07) is 16.7. The van der Waals surface area contributed by atoms with E-state index in [2.05, 4.69) is 15.5 Å². The predicted octanol–water partition coefficient (Wildman–Crippen LogP) is 5.19. The van der Waals surface area contributed by atoms with Crippen molar-refractivity contribution in [3.63, 3.8) is 0 Å². The Kier molecular flexibility index (Phi) is 6.99. The van der Waals surface area contributed by atoms with Crippen molar-refractivity contribution in [3.8, 4) is 34.5 Å². The highest BCUT2D eigenvalue weighted by atomic mass is 32.2. The maximum atomic E-state index is 12.3. The number of thioether (sulfide) groups is 1. The topological polar surface area (TPSA) is 99.6 Å². The molecule has 0 unspecified atom stereocenters. The monoisotopic (exact) mass is 465 g/mol. The molecule has 0 aliphatic carbocycles. The van der Waals surface area contributed by atoms with Crippen LogP contribution in [0, 0.1) is 6.92 Å². The molecule has 0 saturated heterocycles. The number of methoxy groups -OCH3 is 2. The molecule has 2 aromatic heterocycles. The minimum Gasteiger partial charge on any atom is -0.497 e. The number of carbonyl (C=O) groups excluding carboxylic acids is 1. The van der Waals surface area contributed by atoms with Crippen molar-refractivity contribution in [3.05, 3.63) is 65.9 Å². The Labute approximate surface area is 195 Å². The Morgan fingerprint density at radius 2 is 1.94 bits per heavy atom. The minimum absolute atomic E-state index is 0.143. The Hall–Kier alpha value is -3.72. The Balaban J connectivity index is 1.32. The van der Waals surface area contributed by atoms with E-state index in [0.717, 1.165) is 11.1 Å². The Bertz CT molecular complexity index is 1250. The Morgan fingerprint density at radius 1 is 1.09 bits per heavy atom. The lowest BCUT2D eigenvalue weighted by atomic mass is 10.1. The van der Waals surface area contributed by atoms with Crippen LogP contribution in [0.15, 0.2) is 63.5 Å². The van der Waals surface area contributed by atoms with Gasteiger partial charge in [0.1, 0.15) is 17.3 Å². The molecule has 1 N–H and O–H groups in total. The third-order valence-electron chi connectivity index (χ3n) is 4.84. The Morgan fingerprint density at radius 3 is 2.73 bits per heavy atom. The van der Waals surface area contributed by atoms with Crippen molar-refractivity contribution in [1.29, 1.82) is 0 Å². The van der Waals surface area contributed by atoms with Gasteiger partial charge in [-0.05, 0) is 36.8 Å². The molecule has 2 aromatic carbocycles. The molecule has 0 atom stereocenters. The van der Waals surface area contributed by atoms with Gasteiger partial charge in [0.05, 0.1) is 31.4 Å². The summed E-state index contributed by atoms with van der Waals surface area (Å²) in [5.74, 6) is 3.85. The molecule has 8 nitrogen and oxygen atoms in total. The van der Waals surface area contributed by atoms with Crippen molar-refractivity contribution in [2.45, 2.75) is 12.7 Å². The lowest BCUT2D eigenvalue weighted by molar-refractivity contribution is -0.113. The van der Waals surface area contributed by atoms with Crippen LogP contribution in [0.2, 0.25) is 0 Å². The van der Waals surface area contributed by atoms with Crippen LogP contribution < -0.4 is 14.8 Å². The average molecular weight is 466 g/mol. The van der Waals surface area contributed by atoms with Gasteiger partial charge in [-0.15, -0.1) is 11.8 Å². The van der Waals surface area contributed by atoms with E-state index < -0.39 is 0 Å². The SMILES string of the molecule is COc1ccc(NC(=O)CSCc2ccc(-c3nc(-c4ccccc4C)no3)o2)c(OC)c1. The first-order valence-corrected chi connectivity index (χ1v) is 11.3. The van der Waals surface area contributed by atoms with Gasteiger partial charge < -0.3 is 23.7 Å². The molecule has 0 fully saturated rings.